The molecule has 30 heavy (non-hydrogen) atoms. The highest BCUT2D eigenvalue weighted by Crippen LogP contribution is 2.24. The van der Waals surface area contributed by atoms with E-state index >= 15 is 0 Å². The van der Waals surface area contributed by atoms with Gasteiger partial charge in [-0.3, -0.25) is 9.10 Å². The number of carbonyl (C=O) groups is 1. The fourth-order valence-electron chi connectivity index (χ4n) is 3.53. The lowest BCUT2D eigenvalue weighted by Crippen LogP contribution is -2.30. The van der Waals surface area contributed by atoms with E-state index in [0.717, 1.165) is 29.8 Å². The summed E-state index contributed by atoms with van der Waals surface area (Å²) in [6.45, 7) is 0.581. The highest BCUT2D eigenvalue weighted by atomic mass is 32.2. The van der Waals surface area contributed by atoms with Crippen molar-refractivity contribution >= 4 is 21.6 Å². The zero-order valence-corrected chi connectivity index (χ0v) is 17.9. The van der Waals surface area contributed by atoms with Gasteiger partial charge < -0.3 is 5.32 Å². The molecule has 1 aliphatic rings. The third-order valence-corrected chi connectivity index (χ3v) is 6.31. The van der Waals surface area contributed by atoms with Gasteiger partial charge in [0.25, 0.3) is 5.91 Å². The zero-order chi connectivity index (χ0) is 21.6. The molecular formula is C23H27FN2O3S. The maximum absolute atomic E-state index is 14.1. The molecule has 1 aliphatic carbocycles. The first-order valence-corrected chi connectivity index (χ1v) is 12.0. The van der Waals surface area contributed by atoms with Crippen LogP contribution in [0.1, 0.15) is 48.0 Å². The van der Waals surface area contributed by atoms with Gasteiger partial charge in [0, 0.05) is 12.1 Å². The van der Waals surface area contributed by atoms with Gasteiger partial charge >= 0.3 is 0 Å². The molecule has 0 saturated carbocycles. The Kier molecular flexibility index (Phi) is 7.26. The Labute approximate surface area is 177 Å². The van der Waals surface area contributed by atoms with Gasteiger partial charge in [-0.25, -0.2) is 12.8 Å². The molecule has 0 fully saturated rings. The van der Waals surface area contributed by atoms with Gasteiger partial charge in [-0.15, -0.1) is 0 Å². The summed E-state index contributed by atoms with van der Waals surface area (Å²) in [5, 5.41) is 2.93. The lowest BCUT2D eigenvalue weighted by Gasteiger charge is -2.23. The van der Waals surface area contributed by atoms with Crippen molar-refractivity contribution in [3.05, 3.63) is 77.1 Å². The summed E-state index contributed by atoms with van der Waals surface area (Å²) >= 11 is 0. The molecule has 1 amide bonds. The summed E-state index contributed by atoms with van der Waals surface area (Å²) in [4.78, 5) is 12.4. The largest absolute Gasteiger partial charge is 0.352 e. The number of carbonyl (C=O) groups excluding carboxylic acids is 1. The van der Waals surface area contributed by atoms with Crippen molar-refractivity contribution in [2.24, 2.45) is 0 Å². The van der Waals surface area contributed by atoms with Gasteiger partial charge in [0.2, 0.25) is 10.0 Å². The minimum Gasteiger partial charge on any atom is -0.352 e. The monoisotopic (exact) mass is 430 g/mol. The molecule has 0 aromatic heterocycles. The van der Waals surface area contributed by atoms with Crippen molar-refractivity contribution in [1.82, 2.24) is 5.32 Å². The second kappa shape index (κ2) is 9.89. The maximum Gasteiger partial charge on any atom is 0.251 e. The van der Waals surface area contributed by atoms with Crippen LogP contribution < -0.4 is 9.62 Å². The first-order chi connectivity index (χ1) is 14.3. The number of halogens is 1. The van der Waals surface area contributed by atoms with Crippen LogP contribution in [0.25, 0.3) is 0 Å². The number of benzene rings is 2. The number of nitrogens with zero attached hydrogens (tertiary/aromatic N) is 1. The average molecular weight is 431 g/mol. The molecule has 0 bridgehead atoms. The lowest BCUT2D eigenvalue weighted by molar-refractivity contribution is 0.0954. The third kappa shape index (κ3) is 5.92. The predicted molar refractivity (Wildman–Crippen MR) is 117 cm³/mol. The molecule has 160 valence electrons. The number of nitrogens with one attached hydrogen (secondary N) is 1. The van der Waals surface area contributed by atoms with Gasteiger partial charge in [0.1, 0.15) is 5.82 Å². The Morgan fingerprint density at radius 1 is 1.10 bits per heavy atom. The number of allylic oxidation sites excluding steroid dienone is 1. The summed E-state index contributed by atoms with van der Waals surface area (Å²) in [6, 6.07) is 12.5. The van der Waals surface area contributed by atoms with Crippen LogP contribution in [0, 0.1) is 5.82 Å². The van der Waals surface area contributed by atoms with Crippen molar-refractivity contribution < 1.29 is 17.6 Å². The molecule has 1 N–H and O–H groups in total. The maximum atomic E-state index is 14.1. The van der Waals surface area contributed by atoms with Crippen LogP contribution >= 0.6 is 0 Å². The smallest absolute Gasteiger partial charge is 0.251 e. The summed E-state index contributed by atoms with van der Waals surface area (Å²) < 4.78 is 39.6. The van der Waals surface area contributed by atoms with E-state index in [1.807, 2.05) is 0 Å². The zero-order valence-electron chi connectivity index (χ0n) is 17.1. The summed E-state index contributed by atoms with van der Waals surface area (Å²) in [7, 11) is -3.68. The van der Waals surface area contributed by atoms with Crippen molar-refractivity contribution in [1.29, 1.82) is 0 Å². The molecule has 3 rings (SSSR count). The topological polar surface area (TPSA) is 66.5 Å². The highest BCUT2D eigenvalue weighted by molar-refractivity contribution is 7.92. The lowest BCUT2D eigenvalue weighted by atomic mass is 9.97. The van der Waals surface area contributed by atoms with Crippen LogP contribution in [0.4, 0.5) is 10.1 Å². The van der Waals surface area contributed by atoms with Crippen molar-refractivity contribution in [3.63, 3.8) is 0 Å². The van der Waals surface area contributed by atoms with Gasteiger partial charge in [-0.2, -0.15) is 0 Å². The Morgan fingerprint density at radius 3 is 2.47 bits per heavy atom. The van der Waals surface area contributed by atoms with Crippen LogP contribution in [-0.2, 0) is 16.6 Å². The van der Waals surface area contributed by atoms with Crippen LogP contribution in [0.3, 0.4) is 0 Å². The number of para-hydroxylation sites is 1. The van der Waals surface area contributed by atoms with Gasteiger partial charge in [-0.05, 0) is 61.9 Å². The number of amides is 1. The minimum absolute atomic E-state index is 0.00108. The normalized spacial score (nSPS) is 14.1. The van der Waals surface area contributed by atoms with Crippen LogP contribution in [0.5, 0.6) is 0 Å². The Hall–Kier alpha value is -2.67. The quantitative estimate of drug-likeness (QED) is 0.631. The molecule has 0 spiro atoms. The number of anilines is 1. The summed E-state index contributed by atoms with van der Waals surface area (Å²) in [5.74, 6) is -0.765. The fraction of sp³-hybridized carbons (Fsp3) is 0.348. The second-order valence-electron chi connectivity index (χ2n) is 7.53. The number of rotatable bonds is 8. The molecule has 0 unspecified atom stereocenters. The molecule has 2 aromatic carbocycles. The van der Waals surface area contributed by atoms with Crippen molar-refractivity contribution in [2.75, 3.05) is 17.1 Å². The van der Waals surface area contributed by atoms with E-state index in [9.17, 15) is 17.6 Å². The SMILES string of the molecule is CS(=O)(=O)N(Cc1ccc(C(=O)NCCC2=CCCCC2)cc1)c1ccccc1F. The Balaban J connectivity index is 1.63. The number of sulfonamides is 1. The van der Waals surface area contributed by atoms with E-state index in [0.29, 0.717) is 17.7 Å². The summed E-state index contributed by atoms with van der Waals surface area (Å²) in [6.07, 6.45) is 8.90. The number of hydrogen-bond acceptors (Lipinski definition) is 3. The van der Waals surface area contributed by atoms with Crippen LogP contribution in [-0.4, -0.2) is 27.1 Å². The third-order valence-electron chi connectivity index (χ3n) is 5.18. The fourth-order valence-corrected chi connectivity index (χ4v) is 4.42. The van der Waals surface area contributed by atoms with Gasteiger partial charge in [-0.1, -0.05) is 35.9 Å². The van der Waals surface area contributed by atoms with Gasteiger partial charge in [0.05, 0.1) is 18.5 Å². The Morgan fingerprint density at radius 2 is 1.83 bits per heavy atom. The van der Waals surface area contributed by atoms with Crippen molar-refractivity contribution in [2.45, 2.75) is 38.6 Å². The molecule has 0 heterocycles. The van der Waals surface area contributed by atoms with Gasteiger partial charge in [0.15, 0.2) is 0 Å². The molecule has 5 nitrogen and oxygen atoms in total. The molecule has 0 radical (unpaired) electrons. The standard InChI is InChI=1S/C23H27FN2O3S/c1-30(28,29)26(22-10-6-5-9-21(22)24)17-19-11-13-20(14-12-19)23(27)25-16-15-18-7-3-2-4-8-18/h5-7,9-14H,2-4,8,15-17H2,1H3,(H,25,27). The first kappa shape index (κ1) is 22.0. The van der Waals surface area contributed by atoms with Crippen LogP contribution in [0.2, 0.25) is 0 Å². The van der Waals surface area contributed by atoms with E-state index in [2.05, 4.69) is 11.4 Å². The second-order valence-corrected chi connectivity index (χ2v) is 9.44. The van der Waals surface area contributed by atoms with E-state index in [1.165, 1.54) is 36.6 Å². The predicted octanol–water partition coefficient (Wildman–Crippen LogP) is 4.41. The molecule has 7 heteroatoms. The first-order valence-electron chi connectivity index (χ1n) is 10.1. The molecule has 0 atom stereocenters. The molecular weight excluding hydrogens is 403 g/mol. The van der Waals surface area contributed by atoms with E-state index in [1.54, 1.807) is 30.3 Å². The molecule has 2 aromatic rings. The van der Waals surface area contributed by atoms with Crippen molar-refractivity contribution in [3.8, 4) is 0 Å². The van der Waals surface area contributed by atoms with E-state index in [-0.39, 0.29) is 18.1 Å². The minimum atomic E-state index is -3.68. The molecule has 0 aliphatic heterocycles. The number of hydrogen-bond donors (Lipinski definition) is 1. The molecule has 0 saturated heterocycles. The van der Waals surface area contributed by atoms with E-state index < -0.39 is 15.8 Å². The summed E-state index contributed by atoms with van der Waals surface area (Å²) in [5.41, 5.74) is 2.57. The Bertz CT molecular complexity index is 1020. The van der Waals surface area contributed by atoms with E-state index in [4.69, 9.17) is 0 Å². The highest BCUT2D eigenvalue weighted by Gasteiger charge is 2.21. The average Bonchev–Trinajstić information content (AvgIpc) is 2.73. The van der Waals surface area contributed by atoms with Crippen LogP contribution in [0.15, 0.2) is 60.2 Å².